The summed E-state index contributed by atoms with van der Waals surface area (Å²) in [5, 5.41) is 0. The minimum Gasteiger partial charge on any atom is -0.491 e. The van der Waals surface area contributed by atoms with E-state index in [1.165, 1.54) is 0 Å². The lowest BCUT2D eigenvalue weighted by Gasteiger charge is -2.35. The number of aromatic nitrogens is 1. The number of nitrogens with two attached hydrogens (primary N) is 1. The zero-order chi connectivity index (χ0) is 14.7. The topological polar surface area (TPSA) is 51.4 Å². The van der Waals surface area contributed by atoms with Gasteiger partial charge in [-0.1, -0.05) is 18.2 Å². The molecule has 3 rings (SSSR count). The van der Waals surface area contributed by atoms with Gasteiger partial charge in [0.15, 0.2) is 0 Å². The molecule has 2 unspecified atom stereocenters. The van der Waals surface area contributed by atoms with Crippen LogP contribution in [0.2, 0.25) is 0 Å². The molecule has 2 heterocycles. The van der Waals surface area contributed by atoms with Crippen LogP contribution in [0, 0.1) is 0 Å². The second-order valence-corrected chi connectivity index (χ2v) is 5.42. The van der Waals surface area contributed by atoms with E-state index in [-0.39, 0.29) is 12.1 Å². The molecule has 2 atom stereocenters. The third-order valence-corrected chi connectivity index (χ3v) is 3.80. The Kier molecular flexibility index (Phi) is 4.06. The standard InChI is InChI=1S/C17H21N3O/c1-13(18)17(14-7-4-5-10-19-14)20-11-6-12-21-16-9-3-2-8-15(16)20/h2-5,7-10,13,17H,6,11-12,18H2,1H3. The monoisotopic (exact) mass is 283 g/mol. The fourth-order valence-electron chi connectivity index (χ4n) is 2.91. The smallest absolute Gasteiger partial charge is 0.142 e. The summed E-state index contributed by atoms with van der Waals surface area (Å²) in [4.78, 5) is 6.85. The summed E-state index contributed by atoms with van der Waals surface area (Å²) in [7, 11) is 0. The molecule has 110 valence electrons. The fourth-order valence-corrected chi connectivity index (χ4v) is 2.91. The fraction of sp³-hybridized carbons (Fsp3) is 0.353. The van der Waals surface area contributed by atoms with Crippen molar-refractivity contribution in [1.29, 1.82) is 0 Å². The number of hydrogen-bond donors (Lipinski definition) is 1. The molecule has 4 nitrogen and oxygen atoms in total. The third kappa shape index (κ3) is 2.85. The lowest BCUT2D eigenvalue weighted by Crippen LogP contribution is -2.40. The summed E-state index contributed by atoms with van der Waals surface area (Å²) in [6, 6.07) is 14.2. The molecule has 1 aliphatic heterocycles. The van der Waals surface area contributed by atoms with Crippen molar-refractivity contribution < 1.29 is 4.74 Å². The highest BCUT2D eigenvalue weighted by Gasteiger charge is 2.28. The van der Waals surface area contributed by atoms with Gasteiger partial charge in [-0.3, -0.25) is 4.98 Å². The van der Waals surface area contributed by atoms with E-state index in [0.29, 0.717) is 0 Å². The van der Waals surface area contributed by atoms with Crippen LogP contribution in [0.1, 0.15) is 25.1 Å². The molecule has 4 heteroatoms. The van der Waals surface area contributed by atoms with Crippen LogP contribution in [0.25, 0.3) is 0 Å². The van der Waals surface area contributed by atoms with Gasteiger partial charge in [-0.15, -0.1) is 0 Å². The van der Waals surface area contributed by atoms with Crippen molar-refractivity contribution in [3.63, 3.8) is 0 Å². The molecule has 0 saturated heterocycles. The highest BCUT2D eigenvalue weighted by molar-refractivity contribution is 5.60. The Morgan fingerprint density at radius 2 is 2.00 bits per heavy atom. The molecule has 21 heavy (non-hydrogen) atoms. The molecule has 1 aromatic carbocycles. The maximum atomic E-state index is 6.29. The summed E-state index contributed by atoms with van der Waals surface area (Å²) < 4.78 is 5.84. The van der Waals surface area contributed by atoms with Crippen molar-refractivity contribution in [3.05, 3.63) is 54.4 Å². The van der Waals surface area contributed by atoms with E-state index in [0.717, 1.165) is 36.7 Å². The number of ether oxygens (including phenoxy) is 1. The van der Waals surface area contributed by atoms with Crippen molar-refractivity contribution in [2.24, 2.45) is 5.73 Å². The van der Waals surface area contributed by atoms with Gasteiger partial charge in [-0.25, -0.2) is 0 Å². The Balaban J connectivity index is 2.03. The zero-order valence-corrected chi connectivity index (χ0v) is 12.3. The molecular formula is C17H21N3O. The lowest BCUT2D eigenvalue weighted by molar-refractivity contribution is 0.322. The second kappa shape index (κ2) is 6.14. The number of rotatable bonds is 3. The maximum absolute atomic E-state index is 6.29. The van der Waals surface area contributed by atoms with Gasteiger partial charge in [0.25, 0.3) is 0 Å². The number of pyridine rings is 1. The van der Waals surface area contributed by atoms with Gasteiger partial charge in [0.05, 0.1) is 24.0 Å². The zero-order valence-electron chi connectivity index (χ0n) is 12.3. The molecule has 0 radical (unpaired) electrons. The summed E-state index contributed by atoms with van der Waals surface area (Å²) in [6.45, 7) is 3.69. The molecular weight excluding hydrogens is 262 g/mol. The molecule has 0 spiro atoms. The van der Waals surface area contributed by atoms with Crippen LogP contribution in [0.4, 0.5) is 5.69 Å². The van der Waals surface area contributed by atoms with E-state index in [4.69, 9.17) is 10.5 Å². The maximum Gasteiger partial charge on any atom is 0.142 e. The summed E-state index contributed by atoms with van der Waals surface area (Å²) in [5.41, 5.74) is 8.39. The Morgan fingerprint density at radius 1 is 1.19 bits per heavy atom. The number of fused-ring (bicyclic) bond motifs is 1. The number of hydrogen-bond acceptors (Lipinski definition) is 4. The van der Waals surface area contributed by atoms with Crippen LogP contribution < -0.4 is 15.4 Å². The predicted octanol–water partition coefficient (Wildman–Crippen LogP) is 2.76. The Morgan fingerprint density at radius 3 is 2.76 bits per heavy atom. The minimum absolute atomic E-state index is 0.0222. The average molecular weight is 283 g/mol. The first-order valence-corrected chi connectivity index (χ1v) is 7.42. The first-order chi connectivity index (χ1) is 10.3. The van der Waals surface area contributed by atoms with E-state index in [2.05, 4.69) is 16.0 Å². The van der Waals surface area contributed by atoms with Gasteiger partial charge in [0, 0.05) is 18.8 Å². The number of nitrogens with zero attached hydrogens (tertiary/aromatic N) is 2. The Bertz CT molecular complexity index is 586. The normalized spacial score (nSPS) is 17.3. The van der Waals surface area contributed by atoms with E-state index < -0.39 is 0 Å². The van der Waals surface area contributed by atoms with Gasteiger partial charge in [0.1, 0.15) is 5.75 Å². The molecule has 1 aliphatic rings. The van der Waals surface area contributed by atoms with Gasteiger partial charge in [0.2, 0.25) is 0 Å². The van der Waals surface area contributed by atoms with Crippen molar-refractivity contribution in [1.82, 2.24) is 4.98 Å². The first kappa shape index (κ1) is 13.9. The molecule has 2 aromatic rings. The summed E-state index contributed by atoms with van der Waals surface area (Å²) in [6.07, 6.45) is 2.80. The van der Waals surface area contributed by atoms with E-state index in [1.54, 1.807) is 0 Å². The summed E-state index contributed by atoms with van der Waals surface area (Å²) in [5.74, 6) is 0.927. The van der Waals surface area contributed by atoms with Crippen LogP contribution in [-0.2, 0) is 0 Å². The van der Waals surface area contributed by atoms with E-state index in [1.807, 2.05) is 49.5 Å². The SMILES string of the molecule is CC(N)C(c1ccccn1)N1CCCOc2ccccc21. The molecule has 1 aromatic heterocycles. The van der Waals surface area contributed by atoms with Crippen molar-refractivity contribution in [3.8, 4) is 5.75 Å². The second-order valence-electron chi connectivity index (χ2n) is 5.42. The van der Waals surface area contributed by atoms with Crippen LogP contribution in [-0.4, -0.2) is 24.2 Å². The predicted molar refractivity (Wildman–Crippen MR) is 84.5 cm³/mol. The van der Waals surface area contributed by atoms with Crippen molar-refractivity contribution in [2.75, 3.05) is 18.1 Å². The van der Waals surface area contributed by atoms with Crippen LogP contribution >= 0.6 is 0 Å². The summed E-state index contributed by atoms with van der Waals surface area (Å²) >= 11 is 0. The van der Waals surface area contributed by atoms with Crippen LogP contribution in [0.15, 0.2) is 48.7 Å². The largest absolute Gasteiger partial charge is 0.491 e. The lowest BCUT2D eigenvalue weighted by atomic mass is 10.0. The molecule has 0 fully saturated rings. The van der Waals surface area contributed by atoms with E-state index >= 15 is 0 Å². The first-order valence-electron chi connectivity index (χ1n) is 7.42. The van der Waals surface area contributed by atoms with Crippen LogP contribution in [0.5, 0.6) is 5.75 Å². The van der Waals surface area contributed by atoms with Gasteiger partial charge >= 0.3 is 0 Å². The van der Waals surface area contributed by atoms with Gasteiger partial charge < -0.3 is 15.4 Å². The van der Waals surface area contributed by atoms with Gasteiger partial charge in [-0.2, -0.15) is 0 Å². The van der Waals surface area contributed by atoms with Crippen molar-refractivity contribution in [2.45, 2.75) is 25.4 Å². The Labute approximate surface area is 125 Å². The Hall–Kier alpha value is -2.07. The average Bonchev–Trinajstić information content (AvgIpc) is 2.71. The van der Waals surface area contributed by atoms with E-state index in [9.17, 15) is 0 Å². The van der Waals surface area contributed by atoms with Crippen LogP contribution in [0.3, 0.4) is 0 Å². The minimum atomic E-state index is -0.0222. The molecule has 2 N–H and O–H groups in total. The number of benzene rings is 1. The number of anilines is 1. The molecule has 0 saturated carbocycles. The molecule has 0 bridgehead atoms. The third-order valence-electron chi connectivity index (χ3n) is 3.80. The number of para-hydroxylation sites is 2. The molecule has 0 aliphatic carbocycles. The van der Waals surface area contributed by atoms with Gasteiger partial charge in [-0.05, 0) is 37.6 Å². The quantitative estimate of drug-likeness (QED) is 0.941. The highest BCUT2D eigenvalue weighted by Crippen LogP contribution is 2.36. The van der Waals surface area contributed by atoms with Crippen molar-refractivity contribution >= 4 is 5.69 Å². The highest BCUT2D eigenvalue weighted by atomic mass is 16.5. The molecule has 0 amide bonds.